The first-order valence-electron chi connectivity index (χ1n) is 4.51. The smallest absolute Gasteiger partial charge is 0.306 e. The van der Waals surface area contributed by atoms with Gasteiger partial charge in [0.15, 0.2) is 0 Å². The van der Waals surface area contributed by atoms with E-state index in [0.717, 1.165) is 0 Å². The van der Waals surface area contributed by atoms with Gasteiger partial charge < -0.3 is 9.47 Å². The molecule has 0 fully saturated rings. The summed E-state index contributed by atoms with van der Waals surface area (Å²) in [7, 11) is 0. The zero-order valence-electron chi connectivity index (χ0n) is 8.25. The minimum atomic E-state index is -0.288. The van der Waals surface area contributed by atoms with Crippen LogP contribution in [-0.4, -0.2) is 31.0 Å². The fourth-order valence-corrected chi connectivity index (χ4v) is 0.910. The van der Waals surface area contributed by atoms with Gasteiger partial charge in [0.1, 0.15) is 0 Å². The van der Waals surface area contributed by atoms with Crippen LogP contribution in [0.3, 0.4) is 0 Å². The molecule has 0 aromatic rings. The molecule has 0 aliphatic heterocycles. The Labute approximate surface area is 88.5 Å². The van der Waals surface area contributed by atoms with Crippen LogP contribution in [0.25, 0.3) is 0 Å². The van der Waals surface area contributed by atoms with Crippen LogP contribution in [-0.2, 0) is 19.1 Å². The van der Waals surface area contributed by atoms with Gasteiger partial charge in [0.05, 0.1) is 19.6 Å². The van der Waals surface area contributed by atoms with E-state index >= 15 is 0 Å². The highest BCUT2D eigenvalue weighted by atomic mass is 35.5. The highest BCUT2D eigenvalue weighted by Crippen LogP contribution is 1.95. The van der Waals surface area contributed by atoms with Crippen LogP contribution in [0.15, 0.2) is 0 Å². The SMILES string of the molecule is CC(=O)OCCCCOC(=O)CCCl. The molecule has 0 saturated heterocycles. The van der Waals surface area contributed by atoms with Crippen LogP contribution in [0.5, 0.6) is 0 Å². The van der Waals surface area contributed by atoms with E-state index in [4.69, 9.17) is 21.1 Å². The number of carbonyl (C=O) groups excluding carboxylic acids is 2. The third kappa shape index (κ3) is 9.32. The molecule has 0 aliphatic carbocycles. The molecule has 5 heteroatoms. The van der Waals surface area contributed by atoms with E-state index in [2.05, 4.69) is 0 Å². The molecule has 0 spiro atoms. The van der Waals surface area contributed by atoms with Crippen molar-refractivity contribution in [1.82, 2.24) is 0 Å². The first-order chi connectivity index (χ1) is 6.66. The molecule has 0 aliphatic rings. The lowest BCUT2D eigenvalue weighted by molar-refractivity contribution is -0.144. The summed E-state index contributed by atoms with van der Waals surface area (Å²) >= 11 is 5.34. The number of ether oxygens (including phenoxy) is 2. The van der Waals surface area contributed by atoms with Gasteiger partial charge in [-0.1, -0.05) is 0 Å². The molecule has 0 unspecified atom stereocenters. The highest BCUT2D eigenvalue weighted by molar-refractivity contribution is 6.18. The quantitative estimate of drug-likeness (QED) is 0.372. The third-order valence-corrected chi connectivity index (χ3v) is 1.59. The van der Waals surface area contributed by atoms with Crippen LogP contribution in [0.1, 0.15) is 26.2 Å². The average molecular weight is 223 g/mol. The maximum Gasteiger partial charge on any atom is 0.306 e. The van der Waals surface area contributed by atoms with Crippen molar-refractivity contribution >= 4 is 23.5 Å². The van der Waals surface area contributed by atoms with Gasteiger partial charge in [-0.2, -0.15) is 0 Å². The molecule has 0 saturated carbocycles. The van der Waals surface area contributed by atoms with E-state index in [0.29, 0.717) is 26.1 Å². The Kier molecular flexibility index (Phi) is 8.33. The summed E-state index contributed by atoms with van der Waals surface area (Å²) in [6.07, 6.45) is 1.64. The van der Waals surface area contributed by atoms with E-state index in [1.807, 2.05) is 0 Å². The summed E-state index contributed by atoms with van der Waals surface area (Å²) < 4.78 is 9.52. The van der Waals surface area contributed by atoms with Crippen molar-refractivity contribution in [2.75, 3.05) is 19.1 Å². The molecule has 0 atom stereocenters. The molecule has 14 heavy (non-hydrogen) atoms. The topological polar surface area (TPSA) is 52.6 Å². The van der Waals surface area contributed by atoms with Crippen LogP contribution in [0.4, 0.5) is 0 Å². The van der Waals surface area contributed by atoms with E-state index < -0.39 is 0 Å². The normalized spacial score (nSPS) is 9.57. The summed E-state index contributed by atoms with van der Waals surface area (Å²) in [5.41, 5.74) is 0. The second-order valence-electron chi connectivity index (χ2n) is 2.71. The number of alkyl halides is 1. The zero-order chi connectivity index (χ0) is 10.8. The minimum absolute atomic E-state index is 0.242. The number of esters is 2. The fraction of sp³-hybridized carbons (Fsp3) is 0.778. The Balaban J connectivity index is 3.13. The predicted octanol–water partition coefficient (Wildman–Crippen LogP) is 1.50. The maximum atomic E-state index is 10.8. The summed E-state index contributed by atoms with van der Waals surface area (Å²) in [6.45, 7) is 2.10. The molecule has 0 aromatic heterocycles. The Morgan fingerprint density at radius 2 is 1.71 bits per heavy atom. The van der Waals surface area contributed by atoms with Crippen molar-refractivity contribution in [1.29, 1.82) is 0 Å². The second-order valence-corrected chi connectivity index (χ2v) is 3.08. The van der Waals surface area contributed by atoms with Crippen molar-refractivity contribution in [3.05, 3.63) is 0 Å². The Hall–Kier alpha value is -0.770. The second kappa shape index (κ2) is 8.81. The average Bonchev–Trinajstić information content (AvgIpc) is 2.11. The lowest BCUT2D eigenvalue weighted by Crippen LogP contribution is -2.07. The molecule has 4 nitrogen and oxygen atoms in total. The monoisotopic (exact) mass is 222 g/mol. The molecule has 0 N–H and O–H groups in total. The Morgan fingerprint density at radius 1 is 1.14 bits per heavy atom. The van der Waals surface area contributed by atoms with Gasteiger partial charge in [-0.05, 0) is 12.8 Å². The molecule has 0 rings (SSSR count). The van der Waals surface area contributed by atoms with Gasteiger partial charge in [0.2, 0.25) is 0 Å². The first kappa shape index (κ1) is 13.2. The van der Waals surface area contributed by atoms with Gasteiger partial charge in [-0.25, -0.2) is 0 Å². The highest BCUT2D eigenvalue weighted by Gasteiger charge is 2.00. The summed E-state index contributed by atoms with van der Waals surface area (Å²) in [5.74, 6) is -0.289. The largest absolute Gasteiger partial charge is 0.466 e. The maximum absolute atomic E-state index is 10.8. The number of unbranched alkanes of at least 4 members (excludes halogenated alkanes) is 1. The fourth-order valence-electron chi connectivity index (χ4n) is 0.755. The zero-order valence-corrected chi connectivity index (χ0v) is 9.01. The lowest BCUT2D eigenvalue weighted by Gasteiger charge is -2.03. The van der Waals surface area contributed by atoms with Crippen molar-refractivity contribution in [3.8, 4) is 0 Å². The van der Waals surface area contributed by atoms with Gasteiger partial charge in [-0.15, -0.1) is 11.6 Å². The lowest BCUT2D eigenvalue weighted by atomic mass is 10.3. The first-order valence-corrected chi connectivity index (χ1v) is 5.05. The van der Waals surface area contributed by atoms with Crippen molar-refractivity contribution < 1.29 is 19.1 Å². The van der Waals surface area contributed by atoms with E-state index in [1.165, 1.54) is 6.92 Å². The number of hydrogen-bond donors (Lipinski definition) is 0. The van der Waals surface area contributed by atoms with E-state index in [-0.39, 0.29) is 24.2 Å². The van der Waals surface area contributed by atoms with Crippen LogP contribution in [0.2, 0.25) is 0 Å². The number of halogens is 1. The van der Waals surface area contributed by atoms with E-state index in [9.17, 15) is 9.59 Å². The van der Waals surface area contributed by atoms with Crippen LogP contribution in [0, 0.1) is 0 Å². The number of hydrogen-bond acceptors (Lipinski definition) is 4. The minimum Gasteiger partial charge on any atom is -0.466 e. The van der Waals surface area contributed by atoms with Crippen LogP contribution < -0.4 is 0 Å². The molecule has 0 aromatic carbocycles. The molecule has 0 heterocycles. The molecule has 0 amide bonds. The molecule has 0 bridgehead atoms. The van der Waals surface area contributed by atoms with Crippen molar-refractivity contribution in [2.24, 2.45) is 0 Å². The van der Waals surface area contributed by atoms with Gasteiger partial charge in [0.25, 0.3) is 0 Å². The van der Waals surface area contributed by atoms with Crippen molar-refractivity contribution in [3.63, 3.8) is 0 Å². The van der Waals surface area contributed by atoms with Gasteiger partial charge >= 0.3 is 11.9 Å². The summed E-state index contributed by atoms with van der Waals surface area (Å²) in [5, 5.41) is 0. The summed E-state index contributed by atoms with van der Waals surface area (Å²) in [6, 6.07) is 0. The molecule has 0 radical (unpaired) electrons. The standard InChI is InChI=1S/C9H15ClO4/c1-8(11)13-6-2-3-7-14-9(12)4-5-10/h2-7H2,1H3. The number of carbonyl (C=O) groups is 2. The van der Waals surface area contributed by atoms with Crippen molar-refractivity contribution in [2.45, 2.75) is 26.2 Å². The van der Waals surface area contributed by atoms with Gasteiger partial charge in [0, 0.05) is 12.8 Å². The molecular formula is C9H15ClO4. The molecular weight excluding hydrogens is 208 g/mol. The van der Waals surface area contributed by atoms with Gasteiger partial charge in [-0.3, -0.25) is 9.59 Å². The summed E-state index contributed by atoms with van der Waals surface area (Å²) in [4.78, 5) is 21.1. The third-order valence-electron chi connectivity index (χ3n) is 1.41. The number of rotatable bonds is 7. The molecule has 82 valence electrons. The Bertz CT molecular complexity index is 182. The predicted molar refractivity (Wildman–Crippen MR) is 52.2 cm³/mol. The van der Waals surface area contributed by atoms with Crippen LogP contribution >= 0.6 is 11.6 Å². The Morgan fingerprint density at radius 3 is 2.21 bits per heavy atom. The van der Waals surface area contributed by atoms with E-state index in [1.54, 1.807) is 0 Å².